The van der Waals surface area contributed by atoms with Crippen molar-refractivity contribution in [3.63, 3.8) is 0 Å². The van der Waals surface area contributed by atoms with Crippen molar-refractivity contribution in [3.8, 4) is 0 Å². The van der Waals surface area contributed by atoms with Crippen LogP contribution in [0, 0.1) is 5.41 Å². The average molecular weight is 287 g/mol. The van der Waals surface area contributed by atoms with Gasteiger partial charge < -0.3 is 0 Å². The molecular weight excluding hydrogens is 268 g/mol. The number of hydrogen-bond acceptors (Lipinski definition) is 1. The van der Waals surface area contributed by atoms with Gasteiger partial charge in [0.25, 0.3) is 0 Å². The van der Waals surface area contributed by atoms with Gasteiger partial charge in [0.2, 0.25) is 0 Å². The van der Waals surface area contributed by atoms with Crippen molar-refractivity contribution >= 4 is 17.4 Å². The third kappa shape index (κ3) is 2.94. The summed E-state index contributed by atoms with van der Waals surface area (Å²) in [6.07, 6.45) is 0. The Kier molecular flexibility index (Phi) is 4.29. The normalized spacial score (nSPS) is 13.0. The Labute approximate surface area is 125 Å². The van der Waals surface area contributed by atoms with Gasteiger partial charge in [0.15, 0.2) is 5.78 Å². The van der Waals surface area contributed by atoms with E-state index in [0.717, 1.165) is 0 Å². The molecule has 0 saturated carbocycles. The van der Waals surface area contributed by atoms with Crippen LogP contribution in [0.3, 0.4) is 0 Å². The van der Waals surface area contributed by atoms with Crippen molar-refractivity contribution in [1.29, 1.82) is 0 Å². The molecule has 0 heterocycles. The molecule has 1 nitrogen and oxygen atoms in total. The monoisotopic (exact) mass is 286 g/mol. The van der Waals surface area contributed by atoms with Crippen LogP contribution in [0.2, 0.25) is 5.02 Å². The molecule has 0 N–H and O–H groups in total. The largest absolute Gasteiger partial charge is 0.294 e. The lowest BCUT2D eigenvalue weighted by atomic mass is 9.71. The fourth-order valence-electron chi connectivity index (χ4n) is 2.36. The van der Waals surface area contributed by atoms with Gasteiger partial charge in [0, 0.05) is 16.0 Å². The van der Waals surface area contributed by atoms with E-state index in [0.29, 0.717) is 10.6 Å². The Morgan fingerprint density at radius 2 is 1.70 bits per heavy atom. The predicted octanol–water partition coefficient (Wildman–Crippen LogP) is 5.35. The molecule has 0 aliphatic heterocycles. The molecular formula is C18H19ClO. The van der Waals surface area contributed by atoms with Crippen LogP contribution in [0.25, 0.3) is 0 Å². The maximum absolute atomic E-state index is 12.8. The zero-order chi connectivity index (χ0) is 14.8. The summed E-state index contributed by atoms with van der Waals surface area (Å²) >= 11 is 5.98. The molecule has 0 spiro atoms. The van der Waals surface area contributed by atoms with Gasteiger partial charge in [0.05, 0.1) is 0 Å². The third-order valence-corrected chi connectivity index (χ3v) is 4.29. The fraction of sp³-hybridized carbons (Fsp3) is 0.278. The van der Waals surface area contributed by atoms with Crippen LogP contribution in [0.5, 0.6) is 0 Å². The molecule has 1 unspecified atom stereocenters. The van der Waals surface area contributed by atoms with Crippen LogP contribution in [-0.2, 0) is 0 Å². The summed E-state index contributed by atoms with van der Waals surface area (Å²) in [7, 11) is 0. The van der Waals surface area contributed by atoms with E-state index < -0.39 is 5.41 Å². The van der Waals surface area contributed by atoms with E-state index in [1.165, 1.54) is 5.56 Å². The second-order valence-corrected chi connectivity index (χ2v) is 6.13. The van der Waals surface area contributed by atoms with E-state index in [1.807, 2.05) is 44.2 Å². The highest BCUT2D eigenvalue weighted by Gasteiger charge is 2.35. The highest BCUT2D eigenvalue weighted by Crippen LogP contribution is 2.38. The zero-order valence-electron chi connectivity index (χ0n) is 12.1. The van der Waals surface area contributed by atoms with Gasteiger partial charge >= 0.3 is 0 Å². The van der Waals surface area contributed by atoms with Crippen molar-refractivity contribution in [2.45, 2.75) is 26.7 Å². The molecule has 0 amide bonds. The summed E-state index contributed by atoms with van der Waals surface area (Å²) in [6.45, 7) is 6.08. The number of carbonyl (C=O) groups is 1. The van der Waals surface area contributed by atoms with E-state index in [2.05, 4.69) is 19.1 Å². The highest BCUT2D eigenvalue weighted by molar-refractivity contribution is 6.31. The van der Waals surface area contributed by atoms with E-state index in [4.69, 9.17) is 11.6 Å². The minimum atomic E-state index is -0.480. The second kappa shape index (κ2) is 5.80. The first kappa shape index (κ1) is 14.8. The molecule has 2 rings (SSSR count). The summed E-state index contributed by atoms with van der Waals surface area (Å²) in [6, 6.07) is 17.3. The molecule has 0 aromatic heterocycles. The molecule has 0 fully saturated rings. The predicted molar refractivity (Wildman–Crippen MR) is 84.4 cm³/mol. The molecule has 20 heavy (non-hydrogen) atoms. The van der Waals surface area contributed by atoms with Crippen molar-refractivity contribution < 1.29 is 4.79 Å². The van der Waals surface area contributed by atoms with Gasteiger partial charge in [-0.05, 0) is 23.6 Å². The van der Waals surface area contributed by atoms with Gasteiger partial charge in [-0.1, -0.05) is 74.8 Å². The smallest absolute Gasteiger partial charge is 0.169 e. The van der Waals surface area contributed by atoms with Gasteiger partial charge in [0.1, 0.15) is 0 Å². The molecule has 2 aromatic rings. The van der Waals surface area contributed by atoms with Crippen LogP contribution in [0.4, 0.5) is 0 Å². The first-order valence-corrected chi connectivity index (χ1v) is 7.16. The SMILES string of the molecule is CC(c1ccccc1)C(C)(C)C(=O)c1cccc(Cl)c1. The molecule has 104 valence electrons. The topological polar surface area (TPSA) is 17.1 Å². The van der Waals surface area contributed by atoms with Crippen molar-refractivity contribution in [3.05, 3.63) is 70.7 Å². The lowest BCUT2D eigenvalue weighted by Crippen LogP contribution is -2.30. The van der Waals surface area contributed by atoms with Crippen LogP contribution in [-0.4, -0.2) is 5.78 Å². The lowest BCUT2D eigenvalue weighted by molar-refractivity contribution is 0.0807. The highest BCUT2D eigenvalue weighted by atomic mass is 35.5. The number of ketones is 1. The van der Waals surface area contributed by atoms with Crippen molar-refractivity contribution in [2.75, 3.05) is 0 Å². The number of halogens is 1. The number of rotatable bonds is 4. The number of benzene rings is 2. The van der Waals surface area contributed by atoms with Gasteiger partial charge in [-0.15, -0.1) is 0 Å². The zero-order valence-corrected chi connectivity index (χ0v) is 12.8. The third-order valence-electron chi connectivity index (χ3n) is 4.05. The molecule has 0 radical (unpaired) electrons. The quantitative estimate of drug-likeness (QED) is 0.692. The minimum absolute atomic E-state index is 0.122. The molecule has 2 aromatic carbocycles. The number of hydrogen-bond donors (Lipinski definition) is 0. The van der Waals surface area contributed by atoms with Crippen molar-refractivity contribution in [1.82, 2.24) is 0 Å². The minimum Gasteiger partial charge on any atom is -0.294 e. The van der Waals surface area contributed by atoms with E-state index >= 15 is 0 Å². The molecule has 2 heteroatoms. The number of carbonyl (C=O) groups excluding carboxylic acids is 1. The number of Topliss-reactive ketones (excluding diaryl/α,β-unsaturated/α-hetero) is 1. The Bertz CT molecular complexity index is 602. The van der Waals surface area contributed by atoms with Crippen molar-refractivity contribution in [2.24, 2.45) is 5.41 Å². The first-order valence-electron chi connectivity index (χ1n) is 6.78. The van der Waals surface area contributed by atoms with E-state index in [-0.39, 0.29) is 11.7 Å². The summed E-state index contributed by atoms with van der Waals surface area (Å²) in [5.41, 5.74) is 1.37. The molecule has 1 atom stereocenters. The first-order chi connectivity index (χ1) is 9.43. The summed E-state index contributed by atoms with van der Waals surface area (Å²) < 4.78 is 0. The van der Waals surface area contributed by atoms with Crippen LogP contribution in [0.1, 0.15) is 42.6 Å². The molecule has 0 aliphatic rings. The van der Waals surface area contributed by atoms with Crippen LogP contribution < -0.4 is 0 Å². The Morgan fingerprint density at radius 1 is 1.05 bits per heavy atom. The Hall–Kier alpha value is -1.60. The van der Waals surface area contributed by atoms with Gasteiger partial charge in [-0.25, -0.2) is 0 Å². The summed E-state index contributed by atoms with van der Waals surface area (Å²) in [5, 5.41) is 0.596. The maximum Gasteiger partial charge on any atom is 0.169 e. The average Bonchev–Trinajstić information content (AvgIpc) is 2.46. The van der Waals surface area contributed by atoms with E-state index in [1.54, 1.807) is 12.1 Å². The molecule has 0 saturated heterocycles. The Morgan fingerprint density at radius 3 is 2.30 bits per heavy atom. The molecule has 0 bridgehead atoms. The van der Waals surface area contributed by atoms with Gasteiger partial charge in [-0.2, -0.15) is 0 Å². The maximum atomic E-state index is 12.8. The van der Waals surface area contributed by atoms with Crippen LogP contribution in [0.15, 0.2) is 54.6 Å². The summed E-state index contributed by atoms with van der Waals surface area (Å²) in [4.78, 5) is 12.8. The van der Waals surface area contributed by atoms with Gasteiger partial charge in [-0.3, -0.25) is 4.79 Å². The van der Waals surface area contributed by atoms with Crippen LogP contribution >= 0.6 is 11.6 Å². The van der Waals surface area contributed by atoms with E-state index in [9.17, 15) is 4.79 Å². The fourth-order valence-corrected chi connectivity index (χ4v) is 2.55. The standard InChI is InChI=1S/C18H19ClO/c1-13(14-8-5-4-6-9-14)18(2,3)17(20)15-10-7-11-16(19)12-15/h4-13H,1-3H3. The molecule has 0 aliphatic carbocycles. The summed E-state index contributed by atoms with van der Waals surface area (Å²) in [5.74, 6) is 0.256. The second-order valence-electron chi connectivity index (χ2n) is 5.69. The Balaban J connectivity index is 2.32. The lowest BCUT2D eigenvalue weighted by Gasteiger charge is -2.31.